The molecule has 0 saturated carbocycles. The van der Waals surface area contributed by atoms with Crippen LogP contribution in [0.15, 0.2) is 71.9 Å². The number of anilines is 1. The van der Waals surface area contributed by atoms with E-state index in [4.69, 9.17) is 4.98 Å². The van der Waals surface area contributed by atoms with Crippen LogP contribution < -0.4 is 4.90 Å². The quantitative estimate of drug-likeness (QED) is 0.302. The zero-order chi connectivity index (χ0) is 24.7. The minimum atomic E-state index is 0.801. The fraction of sp³-hybridized carbons (Fsp3) is 0.379. The van der Waals surface area contributed by atoms with Crippen molar-refractivity contribution < 1.29 is 0 Å². The number of aryl methyl sites for hydroxylation is 1. The second-order valence-electron chi connectivity index (χ2n) is 9.68. The maximum Gasteiger partial charge on any atom is 0.166 e. The molecule has 3 heterocycles. The molecule has 7 heteroatoms. The summed E-state index contributed by atoms with van der Waals surface area (Å²) in [5.74, 6) is 0.801. The number of pyridine rings is 1. The summed E-state index contributed by atoms with van der Waals surface area (Å²) in [4.78, 5) is 20.4. The molecule has 2 aromatic heterocycles. The van der Waals surface area contributed by atoms with Gasteiger partial charge in [-0.25, -0.2) is 4.98 Å². The van der Waals surface area contributed by atoms with Gasteiger partial charge in [-0.2, -0.15) is 0 Å². The van der Waals surface area contributed by atoms with Crippen molar-refractivity contribution in [2.24, 2.45) is 0 Å². The lowest BCUT2D eigenvalue weighted by Gasteiger charge is -2.35. The largest absolute Gasteiger partial charge is 0.374 e. The molecule has 4 aromatic rings. The molecule has 0 atom stereocenters. The lowest BCUT2D eigenvalue weighted by atomic mass is 10.2. The Morgan fingerprint density at radius 1 is 0.917 bits per heavy atom. The molecule has 2 aromatic carbocycles. The van der Waals surface area contributed by atoms with Gasteiger partial charge in [0.25, 0.3) is 0 Å². The van der Waals surface area contributed by atoms with Crippen molar-refractivity contribution in [3.05, 3.63) is 83.7 Å². The zero-order valence-electron chi connectivity index (χ0n) is 21.4. The van der Waals surface area contributed by atoms with Gasteiger partial charge in [-0.1, -0.05) is 54.2 Å². The van der Waals surface area contributed by atoms with Gasteiger partial charge in [0.1, 0.15) is 0 Å². The van der Waals surface area contributed by atoms with Crippen LogP contribution in [-0.4, -0.2) is 71.1 Å². The molecule has 6 nitrogen and oxygen atoms in total. The zero-order valence-corrected chi connectivity index (χ0v) is 22.2. The topological polar surface area (TPSA) is 51.3 Å². The fourth-order valence-corrected chi connectivity index (χ4v) is 5.60. The second-order valence-corrected chi connectivity index (χ2v) is 10.6. The Morgan fingerprint density at radius 2 is 1.67 bits per heavy atom. The Morgan fingerprint density at radius 3 is 2.47 bits per heavy atom. The molecule has 1 fully saturated rings. The molecule has 0 aliphatic carbocycles. The number of nitrogens with one attached hydrogen (secondary N) is 1. The molecule has 188 valence electrons. The third-order valence-electron chi connectivity index (χ3n) is 6.84. The average molecular weight is 501 g/mol. The minimum Gasteiger partial charge on any atom is -0.374 e. The van der Waals surface area contributed by atoms with Gasteiger partial charge in [0, 0.05) is 63.5 Å². The van der Waals surface area contributed by atoms with Crippen LogP contribution in [0.5, 0.6) is 0 Å². The van der Waals surface area contributed by atoms with Crippen molar-refractivity contribution >= 4 is 28.5 Å². The predicted molar refractivity (Wildman–Crippen MR) is 151 cm³/mol. The molecule has 0 unspecified atom stereocenters. The number of fused-ring (bicyclic) bond motifs is 1. The van der Waals surface area contributed by atoms with E-state index in [9.17, 15) is 0 Å². The first kappa shape index (κ1) is 24.8. The lowest BCUT2D eigenvalue weighted by molar-refractivity contribution is 0.126. The summed E-state index contributed by atoms with van der Waals surface area (Å²) in [5, 5.41) is 0.943. The number of para-hydroxylation sites is 2. The summed E-state index contributed by atoms with van der Waals surface area (Å²) in [7, 11) is 2.20. The molecule has 1 aliphatic heterocycles. The van der Waals surface area contributed by atoms with E-state index >= 15 is 0 Å². The lowest BCUT2D eigenvalue weighted by Crippen LogP contribution is -2.46. The first-order valence-corrected chi connectivity index (χ1v) is 13.9. The second kappa shape index (κ2) is 11.9. The first-order valence-electron chi connectivity index (χ1n) is 12.9. The van der Waals surface area contributed by atoms with E-state index in [0.717, 1.165) is 79.1 Å². The van der Waals surface area contributed by atoms with E-state index in [1.165, 1.54) is 17.7 Å². The van der Waals surface area contributed by atoms with Crippen molar-refractivity contribution in [1.29, 1.82) is 0 Å². The van der Waals surface area contributed by atoms with Crippen LogP contribution in [0, 0.1) is 6.92 Å². The number of imidazole rings is 1. The molecule has 1 N–H and O–H groups in total. The molecule has 0 amide bonds. The maximum atomic E-state index is 4.77. The van der Waals surface area contributed by atoms with Crippen molar-refractivity contribution in [2.45, 2.75) is 30.8 Å². The van der Waals surface area contributed by atoms with E-state index in [2.05, 4.69) is 87.2 Å². The molecule has 1 aliphatic rings. The minimum absolute atomic E-state index is 0.801. The van der Waals surface area contributed by atoms with Crippen LogP contribution in [0.4, 0.5) is 5.69 Å². The third kappa shape index (κ3) is 6.66. The molecule has 5 rings (SSSR count). The maximum absolute atomic E-state index is 4.77. The van der Waals surface area contributed by atoms with E-state index in [-0.39, 0.29) is 0 Å². The molecule has 0 spiro atoms. The van der Waals surface area contributed by atoms with Crippen molar-refractivity contribution in [3.8, 4) is 0 Å². The van der Waals surface area contributed by atoms with Gasteiger partial charge < -0.3 is 14.8 Å². The van der Waals surface area contributed by atoms with Crippen LogP contribution in [0.3, 0.4) is 0 Å². The number of piperazine rings is 1. The SMILES string of the molecule is Cc1cc(N(C)CCCN2CCN(Cc3ccccc3)CC2)cc(CSc2nc3ccccc3[nH]2)n1. The van der Waals surface area contributed by atoms with E-state index in [0.29, 0.717) is 0 Å². The monoisotopic (exact) mass is 500 g/mol. The van der Waals surface area contributed by atoms with E-state index in [1.54, 1.807) is 11.8 Å². The summed E-state index contributed by atoms with van der Waals surface area (Å²) in [5.41, 5.74) is 6.90. The predicted octanol–water partition coefficient (Wildman–Crippen LogP) is 5.20. The number of hydrogen-bond donors (Lipinski definition) is 1. The standard InChI is InChI=1S/C29H36N6S/c1-23-19-26(20-25(30-23)22-36-29-31-27-11-6-7-12-28(27)32-29)33(2)13-8-14-34-15-17-35(18-16-34)21-24-9-4-3-5-10-24/h3-7,9-12,19-20H,8,13-18,21-22H2,1-2H3,(H,31,32). The fourth-order valence-electron chi connectivity index (χ4n) is 4.83. The third-order valence-corrected chi connectivity index (χ3v) is 7.75. The summed E-state index contributed by atoms with van der Waals surface area (Å²) < 4.78 is 0. The molecule has 0 radical (unpaired) electrons. The highest BCUT2D eigenvalue weighted by Gasteiger charge is 2.17. The Kier molecular flexibility index (Phi) is 8.21. The van der Waals surface area contributed by atoms with E-state index < -0.39 is 0 Å². The molecule has 1 saturated heterocycles. The highest BCUT2D eigenvalue weighted by molar-refractivity contribution is 7.98. The molecule has 36 heavy (non-hydrogen) atoms. The summed E-state index contributed by atoms with van der Waals surface area (Å²) >= 11 is 1.71. The Hall–Kier alpha value is -2.87. The van der Waals surface area contributed by atoms with Crippen LogP contribution in [-0.2, 0) is 12.3 Å². The number of H-pyrrole nitrogens is 1. The van der Waals surface area contributed by atoms with Gasteiger partial charge >= 0.3 is 0 Å². The van der Waals surface area contributed by atoms with Gasteiger partial charge in [-0.05, 0) is 49.7 Å². The van der Waals surface area contributed by atoms with Crippen molar-refractivity contribution in [3.63, 3.8) is 0 Å². The van der Waals surface area contributed by atoms with Crippen LogP contribution in [0.25, 0.3) is 11.0 Å². The summed E-state index contributed by atoms with van der Waals surface area (Å²) in [6, 6.07) is 23.4. The van der Waals surface area contributed by atoms with E-state index in [1.807, 2.05) is 18.2 Å². The number of thioether (sulfide) groups is 1. The molecular weight excluding hydrogens is 464 g/mol. The van der Waals surface area contributed by atoms with Gasteiger partial charge in [-0.3, -0.25) is 9.88 Å². The van der Waals surface area contributed by atoms with Gasteiger partial charge in [0.05, 0.1) is 16.7 Å². The van der Waals surface area contributed by atoms with Crippen LogP contribution >= 0.6 is 11.8 Å². The Bertz CT molecular complexity index is 1220. The number of rotatable bonds is 10. The molecular formula is C29H36N6S. The number of nitrogens with zero attached hydrogens (tertiary/aromatic N) is 5. The highest BCUT2D eigenvalue weighted by atomic mass is 32.2. The average Bonchev–Trinajstić information content (AvgIpc) is 3.32. The Labute approximate surface area is 218 Å². The van der Waals surface area contributed by atoms with Gasteiger partial charge in [0.15, 0.2) is 5.16 Å². The summed E-state index contributed by atoms with van der Waals surface area (Å²) in [6.07, 6.45) is 1.17. The number of aromatic nitrogens is 3. The Balaban J connectivity index is 1.07. The van der Waals surface area contributed by atoms with Crippen LogP contribution in [0.2, 0.25) is 0 Å². The van der Waals surface area contributed by atoms with Crippen molar-refractivity contribution in [1.82, 2.24) is 24.8 Å². The van der Waals surface area contributed by atoms with Crippen molar-refractivity contribution in [2.75, 3.05) is 51.2 Å². The van der Waals surface area contributed by atoms with Gasteiger partial charge in [0.2, 0.25) is 0 Å². The smallest absolute Gasteiger partial charge is 0.166 e. The number of benzene rings is 2. The summed E-state index contributed by atoms with van der Waals surface area (Å²) in [6.45, 7) is 9.98. The first-order chi connectivity index (χ1) is 17.6. The highest BCUT2D eigenvalue weighted by Crippen LogP contribution is 2.25. The normalized spacial score (nSPS) is 14.9. The van der Waals surface area contributed by atoms with Gasteiger partial charge in [-0.15, -0.1) is 0 Å². The van der Waals surface area contributed by atoms with Crippen LogP contribution in [0.1, 0.15) is 23.4 Å². The number of aromatic amines is 1. The molecule has 0 bridgehead atoms. The number of hydrogen-bond acceptors (Lipinski definition) is 6.